The molecule has 2 N–H and O–H groups in total. The maximum absolute atomic E-state index is 4.08. The molecule has 2 rings (SSSR count). The minimum absolute atomic E-state index is 0.566. The molecule has 1 unspecified atom stereocenters. The van der Waals surface area contributed by atoms with Crippen molar-refractivity contribution in [3.63, 3.8) is 0 Å². The summed E-state index contributed by atoms with van der Waals surface area (Å²) in [5.41, 5.74) is 2.55. The topological polar surface area (TPSA) is 40.7 Å². The highest BCUT2D eigenvalue weighted by molar-refractivity contribution is 9.10. The van der Waals surface area contributed by atoms with Crippen LogP contribution in [0.4, 0.5) is 0 Å². The zero-order valence-electron chi connectivity index (χ0n) is 6.32. The zero-order chi connectivity index (χ0) is 7.84. The van der Waals surface area contributed by atoms with Gasteiger partial charge in [0, 0.05) is 18.2 Å². The summed E-state index contributed by atoms with van der Waals surface area (Å²) in [7, 11) is 0. The summed E-state index contributed by atoms with van der Waals surface area (Å²) in [6.07, 6.45) is 1.06. The van der Waals surface area contributed by atoms with Crippen molar-refractivity contribution >= 4 is 15.9 Å². The van der Waals surface area contributed by atoms with Gasteiger partial charge in [0.15, 0.2) is 0 Å². The summed E-state index contributed by atoms with van der Waals surface area (Å²) in [4.78, 5) is 0. The van der Waals surface area contributed by atoms with Crippen molar-refractivity contribution in [1.29, 1.82) is 0 Å². The van der Waals surface area contributed by atoms with Crippen LogP contribution in [0.25, 0.3) is 0 Å². The van der Waals surface area contributed by atoms with Gasteiger partial charge in [0.25, 0.3) is 0 Å². The van der Waals surface area contributed by atoms with Crippen LogP contribution in [0.1, 0.15) is 18.2 Å². The smallest absolute Gasteiger partial charge is 0.131 e. The van der Waals surface area contributed by atoms with Gasteiger partial charge in [-0.05, 0) is 29.3 Å². The number of fused-ring (bicyclic) bond motifs is 1. The average molecular weight is 216 g/mol. The molecule has 0 aliphatic carbocycles. The molecule has 0 saturated carbocycles. The highest BCUT2D eigenvalue weighted by Crippen LogP contribution is 2.21. The first-order chi connectivity index (χ1) is 5.27. The maximum atomic E-state index is 4.08. The Labute approximate surface area is 73.7 Å². The largest absolute Gasteiger partial charge is 0.308 e. The molecule has 0 radical (unpaired) electrons. The molecular formula is C7H10BrN3. The molecular weight excluding hydrogens is 206 g/mol. The summed E-state index contributed by atoms with van der Waals surface area (Å²) >= 11 is 3.41. The molecule has 0 spiro atoms. The van der Waals surface area contributed by atoms with Crippen molar-refractivity contribution in [3.8, 4) is 0 Å². The first kappa shape index (κ1) is 7.31. The van der Waals surface area contributed by atoms with Crippen LogP contribution in [-0.2, 0) is 13.0 Å². The van der Waals surface area contributed by atoms with Crippen molar-refractivity contribution < 1.29 is 0 Å². The maximum Gasteiger partial charge on any atom is 0.131 e. The molecule has 0 amide bonds. The first-order valence-electron chi connectivity index (χ1n) is 3.72. The number of halogens is 1. The number of H-pyrrole nitrogens is 1. The molecule has 0 fully saturated rings. The highest BCUT2D eigenvalue weighted by atomic mass is 79.9. The molecule has 11 heavy (non-hydrogen) atoms. The second-order valence-electron chi connectivity index (χ2n) is 2.96. The highest BCUT2D eigenvalue weighted by Gasteiger charge is 2.18. The second kappa shape index (κ2) is 2.60. The number of nitrogens with zero attached hydrogens (tertiary/aromatic N) is 1. The van der Waals surface area contributed by atoms with E-state index >= 15 is 0 Å². The lowest BCUT2D eigenvalue weighted by molar-refractivity contribution is 0.508. The number of hydrogen-bond acceptors (Lipinski definition) is 2. The Bertz CT molecular complexity index is 269. The van der Waals surface area contributed by atoms with E-state index in [1.54, 1.807) is 0 Å². The van der Waals surface area contributed by atoms with E-state index in [1.165, 1.54) is 11.3 Å². The molecule has 0 bridgehead atoms. The SMILES string of the molecule is CC1Cc2c(Br)n[nH]c2CN1. The van der Waals surface area contributed by atoms with Crippen LogP contribution in [0.15, 0.2) is 4.60 Å². The zero-order valence-corrected chi connectivity index (χ0v) is 7.90. The van der Waals surface area contributed by atoms with Crippen LogP contribution in [-0.4, -0.2) is 16.2 Å². The number of hydrogen-bond donors (Lipinski definition) is 2. The quantitative estimate of drug-likeness (QED) is 0.684. The summed E-state index contributed by atoms with van der Waals surface area (Å²) in [5.74, 6) is 0. The molecule has 60 valence electrons. The van der Waals surface area contributed by atoms with E-state index in [0.717, 1.165) is 17.6 Å². The second-order valence-corrected chi connectivity index (χ2v) is 3.71. The van der Waals surface area contributed by atoms with Crippen molar-refractivity contribution in [3.05, 3.63) is 15.9 Å². The van der Waals surface area contributed by atoms with Gasteiger partial charge in [0.2, 0.25) is 0 Å². The Kier molecular flexibility index (Phi) is 1.73. The summed E-state index contributed by atoms with van der Waals surface area (Å²) in [6, 6.07) is 0.566. The van der Waals surface area contributed by atoms with Gasteiger partial charge in [-0.3, -0.25) is 5.10 Å². The molecule has 1 aliphatic heterocycles. The fourth-order valence-electron chi connectivity index (χ4n) is 1.38. The van der Waals surface area contributed by atoms with Gasteiger partial charge in [-0.15, -0.1) is 0 Å². The molecule has 1 atom stereocenters. The standard InChI is InChI=1S/C7H10BrN3/c1-4-2-5-6(3-9-4)10-11-7(5)8/h4,9H,2-3H2,1H3,(H,10,11). The fourth-order valence-corrected chi connectivity index (χ4v) is 1.87. The van der Waals surface area contributed by atoms with E-state index in [0.29, 0.717) is 6.04 Å². The lowest BCUT2D eigenvalue weighted by Gasteiger charge is -2.19. The predicted octanol–water partition coefficient (Wildman–Crippen LogP) is 1.21. The molecule has 0 saturated heterocycles. The summed E-state index contributed by atoms with van der Waals surface area (Å²) in [6.45, 7) is 3.09. The van der Waals surface area contributed by atoms with Gasteiger partial charge >= 0.3 is 0 Å². The van der Waals surface area contributed by atoms with E-state index < -0.39 is 0 Å². The third-order valence-electron chi connectivity index (χ3n) is 2.04. The van der Waals surface area contributed by atoms with Crippen LogP contribution in [0.2, 0.25) is 0 Å². The number of nitrogens with one attached hydrogen (secondary N) is 2. The van der Waals surface area contributed by atoms with Crippen LogP contribution in [0, 0.1) is 0 Å². The van der Waals surface area contributed by atoms with Crippen LogP contribution in [0.3, 0.4) is 0 Å². The normalized spacial score (nSPS) is 23.3. The van der Waals surface area contributed by atoms with Gasteiger partial charge in [0.05, 0.1) is 5.69 Å². The predicted molar refractivity (Wildman–Crippen MR) is 46.3 cm³/mol. The molecule has 1 aromatic rings. The van der Waals surface area contributed by atoms with Crippen molar-refractivity contribution in [2.24, 2.45) is 0 Å². The Morgan fingerprint density at radius 1 is 1.64 bits per heavy atom. The van der Waals surface area contributed by atoms with Crippen LogP contribution < -0.4 is 5.32 Å². The fraction of sp³-hybridized carbons (Fsp3) is 0.571. The summed E-state index contributed by atoms with van der Waals surface area (Å²) < 4.78 is 0.973. The van der Waals surface area contributed by atoms with E-state index in [4.69, 9.17) is 0 Å². The van der Waals surface area contributed by atoms with Gasteiger partial charge in [0.1, 0.15) is 4.60 Å². The molecule has 1 aromatic heterocycles. The number of rotatable bonds is 0. The van der Waals surface area contributed by atoms with Crippen molar-refractivity contribution in [1.82, 2.24) is 15.5 Å². The number of aromatic nitrogens is 2. The van der Waals surface area contributed by atoms with Crippen LogP contribution >= 0.6 is 15.9 Å². The molecule has 3 nitrogen and oxygen atoms in total. The van der Waals surface area contributed by atoms with E-state index in [-0.39, 0.29) is 0 Å². The lowest BCUT2D eigenvalue weighted by Crippen LogP contribution is -2.32. The molecule has 2 heterocycles. The van der Waals surface area contributed by atoms with E-state index in [2.05, 4.69) is 38.4 Å². The van der Waals surface area contributed by atoms with Gasteiger partial charge in [-0.25, -0.2) is 0 Å². The monoisotopic (exact) mass is 215 g/mol. The van der Waals surface area contributed by atoms with Gasteiger partial charge in [-0.2, -0.15) is 5.10 Å². The minimum atomic E-state index is 0.566. The van der Waals surface area contributed by atoms with Crippen molar-refractivity contribution in [2.75, 3.05) is 0 Å². The van der Waals surface area contributed by atoms with Gasteiger partial charge < -0.3 is 5.32 Å². The minimum Gasteiger partial charge on any atom is -0.308 e. The Balaban J connectivity index is 2.37. The Morgan fingerprint density at radius 2 is 2.45 bits per heavy atom. The number of aromatic amines is 1. The lowest BCUT2D eigenvalue weighted by atomic mass is 10.0. The Morgan fingerprint density at radius 3 is 3.27 bits per heavy atom. The first-order valence-corrected chi connectivity index (χ1v) is 4.51. The third-order valence-corrected chi connectivity index (χ3v) is 2.70. The average Bonchev–Trinajstić information content (AvgIpc) is 2.33. The molecule has 0 aromatic carbocycles. The van der Waals surface area contributed by atoms with E-state index in [1.807, 2.05) is 0 Å². The third kappa shape index (κ3) is 1.20. The van der Waals surface area contributed by atoms with Gasteiger partial charge in [-0.1, -0.05) is 0 Å². The van der Waals surface area contributed by atoms with Crippen molar-refractivity contribution in [2.45, 2.75) is 25.9 Å². The van der Waals surface area contributed by atoms with Crippen LogP contribution in [0.5, 0.6) is 0 Å². The Hall–Kier alpha value is -0.350. The summed E-state index contributed by atoms with van der Waals surface area (Å²) in [5, 5.41) is 10.4. The molecule has 4 heteroatoms. The van der Waals surface area contributed by atoms with E-state index in [9.17, 15) is 0 Å². The molecule has 1 aliphatic rings.